The van der Waals surface area contributed by atoms with Crippen molar-refractivity contribution < 1.29 is 14.7 Å². The predicted octanol–water partition coefficient (Wildman–Crippen LogP) is 3.35. The molecule has 27 heavy (non-hydrogen) atoms. The topological polar surface area (TPSA) is 60.9 Å². The number of nitrogens with zero attached hydrogens (tertiary/aromatic N) is 2. The number of hydrogen-bond donors (Lipinski definition) is 1. The summed E-state index contributed by atoms with van der Waals surface area (Å²) in [6.07, 6.45) is 1.06. The van der Waals surface area contributed by atoms with Gasteiger partial charge in [-0.15, -0.1) is 0 Å². The smallest absolute Gasteiger partial charge is 0.257 e. The maximum Gasteiger partial charge on any atom is 0.257 e. The first-order chi connectivity index (χ1) is 13.0. The Labute approximate surface area is 160 Å². The first-order valence-electron chi connectivity index (χ1n) is 9.42. The standard InChI is InChI=1S/C22H26N2O3/c1-3-18-15-23(22(27)19-11-7-8-16(2)21(19)26)13-12-20(25)24(18)14-17-9-5-4-6-10-17/h4-11,18,26H,3,12-15H2,1-2H3. The summed E-state index contributed by atoms with van der Waals surface area (Å²) in [7, 11) is 0. The zero-order chi connectivity index (χ0) is 19.4. The molecule has 0 radical (unpaired) electrons. The number of aromatic hydroxyl groups is 1. The van der Waals surface area contributed by atoms with Crippen molar-refractivity contribution in [3.8, 4) is 5.75 Å². The zero-order valence-corrected chi connectivity index (χ0v) is 15.9. The number of para-hydroxylation sites is 1. The van der Waals surface area contributed by atoms with Crippen molar-refractivity contribution in [2.75, 3.05) is 13.1 Å². The van der Waals surface area contributed by atoms with Crippen molar-refractivity contribution in [2.24, 2.45) is 0 Å². The molecule has 0 aliphatic carbocycles. The van der Waals surface area contributed by atoms with Gasteiger partial charge in [0.15, 0.2) is 0 Å². The summed E-state index contributed by atoms with van der Waals surface area (Å²) in [4.78, 5) is 29.3. The molecule has 0 saturated carbocycles. The fourth-order valence-corrected chi connectivity index (χ4v) is 3.56. The van der Waals surface area contributed by atoms with Crippen LogP contribution in [-0.2, 0) is 11.3 Å². The number of rotatable bonds is 4. The van der Waals surface area contributed by atoms with E-state index in [2.05, 4.69) is 0 Å². The van der Waals surface area contributed by atoms with Gasteiger partial charge >= 0.3 is 0 Å². The summed E-state index contributed by atoms with van der Waals surface area (Å²) in [5.41, 5.74) is 2.05. The van der Waals surface area contributed by atoms with Crippen LogP contribution >= 0.6 is 0 Å². The molecule has 0 bridgehead atoms. The van der Waals surface area contributed by atoms with Crippen LogP contribution in [0.15, 0.2) is 48.5 Å². The van der Waals surface area contributed by atoms with E-state index in [1.54, 1.807) is 30.0 Å². The highest BCUT2D eigenvalue weighted by molar-refractivity contribution is 5.97. The van der Waals surface area contributed by atoms with Crippen LogP contribution in [0.25, 0.3) is 0 Å². The van der Waals surface area contributed by atoms with Gasteiger partial charge in [-0.2, -0.15) is 0 Å². The van der Waals surface area contributed by atoms with Gasteiger partial charge in [0, 0.05) is 32.1 Å². The summed E-state index contributed by atoms with van der Waals surface area (Å²) in [5, 5.41) is 10.3. The van der Waals surface area contributed by atoms with Crippen LogP contribution < -0.4 is 0 Å². The van der Waals surface area contributed by atoms with Crippen molar-refractivity contribution in [3.63, 3.8) is 0 Å². The van der Waals surface area contributed by atoms with E-state index < -0.39 is 0 Å². The first kappa shape index (κ1) is 19.0. The van der Waals surface area contributed by atoms with Gasteiger partial charge in [0.05, 0.1) is 5.56 Å². The molecule has 1 aliphatic heterocycles. The van der Waals surface area contributed by atoms with Gasteiger partial charge in [-0.1, -0.05) is 49.4 Å². The molecule has 1 saturated heterocycles. The number of hydrogen-bond acceptors (Lipinski definition) is 3. The maximum atomic E-state index is 13.0. The van der Waals surface area contributed by atoms with E-state index in [4.69, 9.17) is 0 Å². The number of phenols is 1. The third kappa shape index (κ3) is 4.13. The van der Waals surface area contributed by atoms with Crippen molar-refractivity contribution in [1.29, 1.82) is 0 Å². The molecule has 1 atom stereocenters. The van der Waals surface area contributed by atoms with Crippen LogP contribution in [0.1, 0.15) is 41.3 Å². The van der Waals surface area contributed by atoms with Crippen LogP contribution in [0, 0.1) is 6.92 Å². The molecule has 2 aromatic carbocycles. The fraction of sp³-hybridized carbons (Fsp3) is 0.364. The minimum atomic E-state index is -0.219. The predicted molar refractivity (Wildman–Crippen MR) is 104 cm³/mol. The van der Waals surface area contributed by atoms with Gasteiger partial charge in [0.25, 0.3) is 5.91 Å². The molecule has 2 amide bonds. The second-order valence-corrected chi connectivity index (χ2v) is 7.04. The fourth-order valence-electron chi connectivity index (χ4n) is 3.56. The Morgan fingerprint density at radius 1 is 1.15 bits per heavy atom. The third-order valence-electron chi connectivity index (χ3n) is 5.21. The average molecular weight is 366 g/mol. The lowest BCUT2D eigenvalue weighted by molar-refractivity contribution is -0.133. The van der Waals surface area contributed by atoms with E-state index in [1.165, 1.54) is 0 Å². The van der Waals surface area contributed by atoms with Gasteiger partial charge in [0.1, 0.15) is 5.75 Å². The van der Waals surface area contributed by atoms with E-state index in [-0.39, 0.29) is 23.6 Å². The number of carbonyl (C=O) groups is 2. The quantitative estimate of drug-likeness (QED) is 0.903. The molecule has 1 heterocycles. The molecule has 2 aromatic rings. The van der Waals surface area contributed by atoms with Crippen LogP contribution in [0.5, 0.6) is 5.75 Å². The highest BCUT2D eigenvalue weighted by Crippen LogP contribution is 2.25. The van der Waals surface area contributed by atoms with Crippen molar-refractivity contribution in [2.45, 2.75) is 39.3 Å². The average Bonchev–Trinajstić information content (AvgIpc) is 2.84. The Kier molecular flexibility index (Phi) is 5.79. The summed E-state index contributed by atoms with van der Waals surface area (Å²) in [6.45, 7) is 5.20. The van der Waals surface area contributed by atoms with Gasteiger partial charge in [-0.25, -0.2) is 0 Å². The summed E-state index contributed by atoms with van der Waals surface area (Å²) in [6, 6.07) is 15.1. The molecule has 0 spiro atoms. The van der Waals surface area contributed by atoms with Crippen molar-refractivity contribution >= 4 is 11.8 Å². The molecule has 0 aromatic heterocycles. The van der Waals surface area contributed by atoms with E-state index in [0.717, 1.165) is 12.0 Å². The van der Waals surface area contributed by atoms with E-state index in [0.29, 0.717) is 37.2 Å². The van der Waals surface area contributed by atoms with Gasteiger partial charge in [-0.3, -0.25) is 9.59 Å². The Bertz CT molecular complexity index is 820. The van der Waals surface area contributed by atoms with Gasteiger partial charge < -0.3 is 14.9 Å². The third-order valence-corrected chi connectivity index (χ3v) is 5.21. The molecule has 1 N–H and O–H groups in total. The number of amides is 2. The second kappa shape index (κ2) is 8.25. The highest BCUT2D eigenvalue weighted by Gasteiger charge is 2.31. The number of aryl methyl sites for hydroxylation is 1. The normalized spacial score (nSPS) is 17.7. The van der Waals surface area contributed by atoms with Crippen LogP contribution in [0.4, 0.5) is 0 Å². The van der Waals surface area contributed by atoms with Gasteiger partial charge in [-0.05, 0) is 30.5 Å². The molecular formula is C22H26N2O3. The SMILES string of the molecule is CCC1CN(C(=O)c2cccc(C)c2O)CCC(=O)N1Cc1ccccc1. The minimum Gasteiger partial charge on any atom is -0.507 e. The Hall–Kier alpha value is -2.82. The lowest BCUT2D eigenvalue weighted by Crippen LogP contribution is -2.43. The lowest BCUT2D eigenvalue weighted by atomic mass is 10.1. The molecule has 3 rings (SSSR count). The summed E-state index contributed by atoms with van der Waals surface area (Å²) in [5.74, 6) is -0.134. The number of benzene rings is 2. The Morgan fingerprint density at radius 2 is 1.89 bits per heavy atom. The lowest BCUT2D eigenvalue weighted by Gasteiger charge is -2.31. The number of carbonyl (C=O) groups excluding carboxylic acids is 2. The van der Waals surface area contributed by atoms with Crippen molar-refractivity contribution in [3.05, 3.63) is 65.2 Å². The number of phenolic OH excluding ortho intramolecular Hbond substituents is 1. The van der Waals surface area contributed by atoms with Crippen LogP contribution in [0.2, 0.25) is 0 Å². The van der Waals surface area contributed by atoms with E-state index >= 15 is 0 Å². The second-order valence-electron chi connectivity index (χ2n) is 7.04. The van der Waals surface area contributed by atoms with Crippen molar-refractivity contribution in [1.82, 2.24) is 9.80 Å². The largest absolute Gasteiger partial charge is 0.507 e. The first-order valence-corrected chi connectivity index (χ1v) is 9.42. The Balaban J connectivity index is 1.82. The molecule has 1 fully saturated rings. The summed E-state index contributed by atoms with van der Waals surface area (Å²) < 4.78 is 0. The zero-order valence-electron chi connectivity index (χ0n) is 15.9. The summed E-state index contributed by atoms with van der Waals surface area (Å²) >= 11 is 0. The Morgan fingerprint density at radius 3 is 2.59 bits per heavy atom. The van der Waals surface area contributed by atoms with Crippen LogP contribution in [-0.4, -0.2) is 45.9 Å². The molecule has 1 aliphatic rings. The van der Waals surface area contributed by atoms with E-state index in [9.17, 15) is 14.7 Å². The van der Waals surface area contributed by atoms with Gasteiger partial charge in [0.2, 0.25) is 5.91 Å². The molecule has 1 unspecified atom stereocenters. The highest BCUT2D eigenvalue weighted by atomic mass is 16.3. The molecule has 142 valence electrons. The molecule has 5 heteroatoms. The maximum absolute atomic E-state index is 13.0. The monoisotopic (exact) mass is 366 g/mol. The van der Waals surface area contributed by atoms with E-state index in [1.807, 2.05) is 42.2 Å². The van der Waals surface area contributed by atoms with Crippen LogP contribution in [0.3, 0.4) is 0 Å². The minimum absolute atomic E-state index is 0.0206. The molecular weight excluding hydrogens is 340 g/mol. The molecule has 5 nitrogen and oxygen atoms in total.